The lowest BCUT2D eigenvalue weighted by Gasteiger charge is -2.21. The zero-order chi connectivity index (χ0) is 18.6. The summed E-state index contributed by atoms with van der Waals surface area (Å²) in [5.41, 5.74) is -0.0933. The first-order chi connectivity index (χ1) is 11.8. The average Bonchev–Trinajstić information content (AvgIpc) is 2.55. The molecule has 0 saturated carbocycles. The first kappa shape index (κ1) is 18.6. The molecule has 25 heavy (non-hydrogen) atoms. The first-order valence-electron chi connectivity index (χ1n) is 7.68. The van der Waals surface area contributed by atoms with Gasteiger partial charge < -0.3 is 15.2 Å². The van der Waals surface area contributed by atoms with Crippen LogP contribution in [0.4, 0.5) is 18.9 Å². The molecule has 2 rings (SSSR count). The Morgan fingerprint density at radius 3 is 2.44 bits per heavy atom. The zero-order valence-corrected chi connectivity index (χ0v) is 13.8. The van der Waals surface area contributed by atoms with Gasteiger partial charge in [-0.1, -0.05) is 0 Å². The Bertz CT molecular complexity index is 772. The maximum atomic E-state index is 12.7. The Morgan fingerprint density at radius 2 is 1.88 bits per heavy atom. The molecule has 1 N–H and O–H groups in total. The standard InChI is InChI=1S/C17H18F3N3O2/c1-3-22(4-2)14-8-6-12(15(24)10-14)5-7-13-9-16(17(18,19)20)23(25)11-21-13/h5-11,24H,3-4H2,1-2H3. The van der Waals surface area contributed by atoms with E-state index in [2.05, 4.69) is 9.88 Å². The number of rotatable bonds is 5. The minimum Gasteiger partial charge on any atom is -0.711 e. The molecule has 1 aromatic heterocycles. The predicted octanol–water partition coefficient (Wildman–Crippen LogP) is 3.46. The number of phenols is 1. The summed E-state index contributed by atoms with van der Waals surface area (Å²) < 4.78 is 37.9. The van der Waals surface area contributed by atoms with Crippen molar-refractivity contribution in [1.29, 1.82) is 0 Å². The van der Waals surface area contributed by atoms with Crippen molar-refractivity contribution in [3.63, 3.8) is 0 Å². The van der Waals surface area contributed by atoms with E-state index in [-0.39, 0.29) is 16.2 Å². The molecule has 134 valence electrons. The van der Waals surface area contributed by atoms with Gasteiger partial charge in [0.15, 0.2) is 5.69 Å². The average molecular weight is 353 g/mol. The van der Waals surface area contributed by atoms with Crippen LogP contribution in [0.15, 0.2) is 30.6 Å². The second-order valence-corrected chi connectivity index (χ2v) is 5.27. The van der Waals surface area contributed by atoms with Crippen LogP contribution in [0.2, 0.25) is 0 Å². The minimum atomic E-state index is -4.76. The van der Waals surface area contributed by atoms with Crippen LogP contribution < -0.4 is 9.63 Å². The second-order valence-electron chi connectivity index (χ2n) is 5.27. The van der Waals surface area contributed by atoms with Crippen LogP contribution in [0.3, 0.4) is 0 Å². The summed E-state index contributed by atoms with van der Waals surface area (Å²) in [6, 6.07) is 5.74. The number of nitrogens with zero attached hydrogens (tertiary/aromatic N) is 3. The third kappa shape index (κ3) is 4.40. The Hall–Kier alpha value is -2.77. The molecule has 1 aromatic carbocycles. The van der Waals surface area contributed by atoms with Gasteiger partial charge in [-0.15, -0.1) is 0 Å². The van der Waals surface area contributed by atoms with Gasteiger partial charge in [-0.25, -0.2) is 4.73 Å². The number of aromatic hydroxyl groups is 1. The molecule has 0 aliphatic carbocycles. The molecule has 0 fully saturated rings. The predicted molar refractivity (Wildman–Crippen MR) is 88.8 cm³/mol. The van der Waals surface area contributed by atoms with Gasteiger partial charge in [0, 0.05) is 36.5 Å². The molecular formula is C17H18F3N3O2. The van der Waals surface area contributed by atoms with E-state index >= 15 is 0 Å². The summed E-state index contributed by atoms with van der Waals surface area (Å²) in [5.74, 6) is 0.00603. The molecule has 0 radical (unpaired) electrons. The smallest absolute Gasteiger partial charge is 0.454 e. The van der Waals surface area contributed by atoms with Crippen LogP contribution in [-0.2, 0) is 6.18 Å². The number of halogens is 3. The summed E-state index contributed by atoms with van der Waals surface area (Å²) in [4.78, 5) is 5.69. The minimum absolute atomic E-state index is 0.00603. The lowest BCUT2D eigenvalue weighted by molar-refractivity contribution is -0.632. The molecule has 5 nitrogen and oxygen atoms in total. The molecular weight excluding hydrogens is 335 g/mol. The van der Waals surface area contributed by atoms with E-state index in [9.17, 15) is 23.5 Å². The fourth-order valence-corrected chi connectivity index (χ4v) is 2.35. The van der Waals surface area contributed by atoms with E-state index < -0.39 is 11.9 Å². The number of hydrogen-bond donors (Lipinski definition) is 1. The summed E-state index contributed by atoms with van der Waals surface area (Å²) in [5, 5.41) is 21.3. The van der Waals surface area contributed by atoms with Gasteiger partial charge in [-0.05, 0) is 43.1 Å². The maximum absolute atomic E-state index is 12.7. The normalized spacial score (nSPS) is 11.9. The Balaban J connectivity index is 2.28. The topological polar surface area (TPSA) is 63.3 Å². The van der Waals surface area contributed by atoms with Crippen LogP contribution >= 0.6 is 0 Å². The van der Waals surface area contributed by atoms with Crippen molar-refractivity contribution in [1.82, 2.24) is 4.98 Å². The quantitative estimate of drug-likeness (QED) is 0.661. The van der Waals surface area contributed by atoms with Crippen molar-refractivity contribution in [3.8, 4) is 5.75 Å². The highest BCUT2D eigenvalue weighted by molar-refractivity contribution is 5.73. The molecule has 0 unspecified atom stereocenters. The lowest BCUT2D eigenvalue weighted by Crippen LogP contribution is -2.37. The molecule has 0 spiro atoms. The van der Waals surface area contributed by atoms with Crippen LogP contribution in [-0.4, -0.2) is 23.2 Å². The number of phenolic OH excluding ortho intramolecular Hbond substituents is 1. The molecule has 8 heteroatoms. The van der Waals surface area contributed by atoms with E-state index in [1.165, 1.54) is 12.2 Å². The molecule has 2 aromatic rings. The van der Waals surface area contributed by atoms with Crippen molar-refractivity contribution >= 4 is 17.8 Å². The van der Waals surface area contributed by atoms with E-state index in [0.717, 1.165) is 18.8 Å². The van der Waals surface area contributed by atoms with Crippen molar-refractivity contribution in [3.05, 3.63) is 52.8 Å². The van der Waals surface area contributed by atoms with Crippen LogP contribution in [0.1, 0.15) is 30.8 Å². The van der Waals surface area contributed by atoms with Gasteiger partial charge in [0.25, 0.3) is 6.33 Å². The highest BCUT2D eigenvalue weighted by Gasteiger charge is 2.37. The molecule has 0 atom stereocenters. The number of alkyl halides is 3. The van der Waals surface area contributed by atoms with E-state index in [0.29, 0.717) is 18.0 Å². The SMILES string of the molecule is CCN(CC)c1ccc(C=Cc2cc(C(F)(F)F)[n+]([O-])cn2)c(O)c1. The maximum Gasteiger partial charge on any atom is 0.454 e. The zero-order valence-electron chi connectivity index (χ0n) is 13.8. The highest BCUT2D eigenvalue weighted by atomic mass is 19.4. The second kappa shape index (κ2) is 7.42. The number of hydrogen-bond acceptors (Lipinski definition) is 4. The third-order valence-electron chi connectivity index (χ3n) is 3.70. The Labute approximate surface area is 143 Å². The summed E-state index contributed by atoms with van der Waals surface area (Å²) in [6.07, 6.45) is -1.45. The highest BCUT2D eigenvalue weighted by Crippen LogP contribution is 2.28. The van der Waals surface area contributed by atoms with Crippen LogP contribution in [0.5, 0.6) is 5.75 Å². The van der Waals surface area contributed by atoms with Gasteiger partial charge in [0.05, 0.1) is 0 Å². The third-order valence-corrected chi connectivity index (χ3v) is 3.70. The van der Waals surface area contributed by atoms with Crippen LogP contribution in [0, 0.1) is 5.21 Å². The lowest BCUT2D eigenvalue weighted by atomic mass is 10.1. The van der Waals surface area contributed by atoms with Crippen molar-refractivity contribution in [2.45, 2.75) is 20.0 Å². The monoisotopic (exact) mass is 353 g/mol. The fraction of sp³-hybridized carbons (Fsp3) is 0.294. The van der Waals surface area contributed by atoms with Gasteiger partial charge in [-0.2, -0.15) is 13.2 Å². The Kier molecular flexibility index (Phi) is 5.51. The van der Waals surface area contributed by atoms with Gasteiger partial charge in [0.1, 0.15) is 5.75 Å². The van der Waals surface area contributed by atoms with Crippen molar-refractivity contribution in [2.24, 2.45) is 0 Å². The van der Waals surface area contributed by atoms with Crippen molar-refractivity contribution in [2.75, 3.05) is 18.0 Å². The van der Waals surface area contributed by atoms with E-state index in [1.54, 1.807) is 12.1 Å². The molecule has 0 saturated heterocycles. The van der Waals surface area contributed by atoms with Gasteiger partial charge in [-0.3, -0.25) is 0 Å². The summed E-state index contributed by atoms with van der Waals surface area (Å²) in [7, 11) is 0. The molecule has 1 heterocycles. The first-order valence-corrected chi connectivity index (χ1v) is 7.68. The molecule has 0 amide bonds. The van der Waals surface area contributed by atoms with Crippen molar-refractivity contribution < 1.29 is 23.0 Å². The van der Waals surface area contributed by atoms with E-state index in [1.807, 2.05) is 19.9 Å². The largest absolute Gasteiger partial charge is 0.711 e. The molecule has 0 aliphatic rings. The van der Waals surface area contributed by atoms with E-state index in [4.69, 9.17) is 0 Å². The number of anilines is 1. The summed E-state index contributed by atoms with van der Waals surface area (Å²) in [6.45, 7) is 5.56. The number of aromatic nitrogens is 2. The Morgan fingerprint density at radius 1 is 1.20 bits per heavy atom. The van der Waals surface area contributed by atoms with Gasteiger partial charge in [0.2, 0.25) is 5.69 Å². The fourth-order valence-electron chi connectivity index (χ4n) is 2.35. The molecule has 0 bridgehead atoms. The summed E-state index contributed by atoms with van der Waals surface area (Å²) >= 11 is 0. The molecule has 0 aliphatic heterocycles. The van der Waals surface area contributed by atoms with Crippen LogP contribution in [0.25, 0.3) is 12.2 Å². The van der Waals surface area contributed by atoms with Gasteiger partial charge >= 0.3 is 6.18 Å². The number of benzene rings is 1.